The summed E-state index contributed by atoms with van der Waals surface area (Å²) in [6.07, 6.45) is 3.47. The highest BCUT2D eigenvalue weighted by atomic mass is 35.5. The van der Waals surface area contributed by atoms with E-state index in [9.17, 15) is 8.42 Å². The number of hydrogen-bond donors (Lipinski definition) is 0. The Labute approximate surface area is 127 Å². The molecule has 0 radical (unpaired) electrons. The van der Waals surface area contributed by atoms with E-state index in [2.05, 4.69) is 9.97 Å². The molecule has 7 heteroatoms. The van der Waals surface area contributed by atoms with Crippen LogP contribution in [0.3, 0.4) is 0 Å². The Hall–Kier alpha value is -1.92. The smallest absolute Gasteiger partial charge is 0.224 e. The Morgan fingerprint density at radius 2 is 1.90 bits per heavy atom. The van der Waals surface area contributed by atoms with Crippen molar-refractivity contribution < 1.29 is 8.42 Å². The third-order valence-electron chi connectivity index (χ3n) is 3.26. The van der Waals surface area contributed by atoms with E-state index in [1.54, 1.807) is 36.5 Å². The van der Waals surface area contributed by atoms with E-state index < -0.39 is 10.0 Å². The maximum absolute atomic E-state index is 12.7. The second-order valence-corrected chi connectivity index (χ2v) is 6.66. The normalized spacial score (nSPS) is 11.9. The van der Waals surface area contributed by atoms with Crippen molar-refractivity contribution in [3.63, 3.8) is 0 Å². The molecule has 0 bridgehead atoms. The molecule has 21 heavy (non-hydrogen) atoms. The molecule has 3 rings (SSSR count). The average molecular weight is 322 g/mol. The molecule has 0 aliphatic carbocycles. The average Bonchev–Trinajstić information content (AvgIpc) is 2.89. The van der Waals surface area contributed by atoms with Crippen LogP contribution in [0.15, 0.2) is 47.8 Å². The van der Waals surface area contributed by atoms with E-state index in [0.29, 0.717) is 17.5 Å². The molecular weight excluding hydrogens is 310 g/mol. The van der Waals surface area contributed by atoms with E-state index in [-0.39, 0.29) is 10.0 Å². The summed E-state index contributed by atoms with van der Waals surface area (Å²) in [7, 11) is -3.70. The van der Waals surface area contributed by atoms with Crippen molar-refractivity contribution >= 4 is 32.7 Å². The lowest BCUT2D eigenvalue weighted by Gasteiger charge is -2.06. The highest BCUT2D eigenvalue weighted by Gasteiger charge is 2.22. The molecule has 0 amide bonds. The van der Waals surface area contributed by atoms with Gasteiger partial charge in [0.2, 0.25) is 0 Å². The van der Waals surface area contributed by atoms with E-state index in [0.717, 1.165) is 5.56 Å². The van der Waals surface area contributed by atoms with Gasteiger partial charge >= 0.3 is 0 Å². The Bertz CT molecular complexity index is 905. The molecule has 0 saturated carbocycles. The van der Waals surface area contributed by atoms with Crippen molar-refractivity contribution in [3.05, 3.63) is 53.6 Å². The van der Waals surface area contributed by atoms with Crippen molar-refractivity contribution in [2.24, 2.45) is 0 Å². The van der Waals surface area contributed by atoms with Gasteiger partial charge in [-0.3, -0.25) is 0 Å². The second-order valence-electron chi connectivity index (χ2n) is 4.48. The molecule has 108 valence electrons. The summed E-state index contributed by atoms with van der Waals surface area (Å²) in [5.74, 6) is 0. The maximum atomic E-state index is 12.7. The van der Waals surface area contributed by atoms with Crippen LogP contribution in [-0.4, -0.2) is 22.4 Å². The summed E-state index contributed by atoms with van der Waals surface area (Å²) >= 11 is 6.09. The Morgan fingerprint density at radius 3 is 2.57 bits per heavy atom. The number of fused-ring (bicyclic) bond motifs is 1. The van der Waals surface area contributed by atoms with Crippen LogP contribution < -0.4 is 0 Å². The topological polar surface area (TPSA) is 64.8 Å². The van der Waals surface area contributed by atoms with Gasteiger partial charge in [0.25, 0.3) is 10.0 Å². The fourth-order valence-corrected chi connectivity index (χ4v) is 3.83. The lowest BCUT2D eigenvalue weighted by molar-refractivity contribution is 0.588. The molecule has 5 nitrogen and oxygen atoms in total. The SMILES string of the molecule is CCc1cn(S(=O)(=O)c2ccccc2)c2ncnc(Cl)c12. The van der Waals surface area contributed by atoms with Crippen molar-refractivity contribution in [3.8, 4) is 0 Å². The summed E-state index contributed by atoms with van der Waals surface area (Å²) in [5.41, 5.74) is 1.10. The van der Waals surface area contributed by atoms with Gasteiger partial charge in [0.15, 0.2) is 5.65 Å². The Kier molecular flexibility index (Phi) is 3.43. The third kappa shape index (κ3) is 2.20. The minimum Gasteiger partial charge on any atom is -0.224 e. The van der Waals surface area contributed by atoms with Crippen LogP contribution in [-0.2, 0) is 16.4 Å². The quantitative estimate of drug-likeness (QED) is 0.696. The molecular formula is C14H12ClN3O2S. The monoisotopic (exact) mass is 321 g/mol. The van der Waals surface area contributed by atoms with E-state index in [4.69, 9.17) is 11.6 Å². The summed E-state index contributed by atoms with van der Waals surface area (Å²) in [6, 6.07) is 8.23. The first-order chi connectivity index (χ1) is 10.1. The van der Waals surface area contributed by atoms with Gasteiger partial charge in [-0.1, -0.05) is 36.7 Å². The molecule has 2 aromatic heterocycles. The van der Waals surface area contributed by atoms with Crippen LogP contribution in [0.2, 0.25) is 5.15 Å². The molecule has 1 aromatic carbocycles. The van der Waals surface area contributed by atoms with Gasteiger partial charge in [0.1, 0.15) is 11.5 Å². The first-order valence-electron chi connectivity index (χ1n) is 6.36. The predicted octanol–water partition coefficient (Wildman–Crippen LogP) is 2.88. The second kappa shape index (κ2) is 5.13. The number of aromatic nitrogens is 3. The first-order valence-corrected chi connectivity index (χ1v) is 8.18. The van der Waals surface area contributed by atoms with E-state index >= 15 is 0 Å². The van der Waals surface area contributed by atoms with Crippen LogP contribution in [0.4, 0.5) is 0 Å². The standard InChI is InChI=1S/C14H12ClN3O2S/c1-2-10-8-18(14-12(10)13(15)16-9-17-14)21(19,20)11-6-4-3-5-7-11/h3-9H,2H2,1H3. The van der Waals surface area contributed by atoms with Crippen LogP contribution in [0.5, 0.6) is 0 Å². The Morgan fingerprint density at radius 1 is 1.19 bits per heavy atom. The van der Waals surface area contributed by atoms with Gasteiger partial charge in [0, 0.05) is 6.20 Å². The third-order valence-corrected chi connectivity index (χ3v) is 5.22. The molecule has 0 saturated heterocycles. The van der Waals surface area contributed by atoms with E-state index in [1.165, 1.54) is 10.3 Å². The van der Waals surface area contributed by atoms with Gasteiger partial charge in [-0.25, -0.2) is 22.4 Å². The van der Waals surface area contributed by atoms with Gasteiger partial charge in [-0.05, 0) is 24.1 Å². The lowest BCUT2D eigenvalue weighted by atomic mass is 10.2. The summed E-state index contributed by atoms with van der Waals surface area (Å²) in [5, 5.41) is 0.847. The molecule has 0 fully saturated rings. The largest absolute Gasteiger partial charge is 0.269 e. The number of benzene rings is 1. The zero-order valence-electron chi connectivity index (χ0n) is 11.2. The number of hydrogen-bond acceptors (Lipinski definition) is 4. The highest BCUT2D eigenvalue weighted by molar-refractivity contribution is 7.90. The van der Waals surface area contributed by atoms with E-state index in [1.807, 2.05) is 6.92 Å². The van der Waals surface area contributed by atoms with Crippen LogP contribution >= 0.6 is 11.6 Å². The zero-order chi connectivity index (χ0) is 15.0. The van der Waals surface area contributed by atoms with Crippen LogP contribution in [0.1, 0.15) is 12.5 Å². The minimum atomic E-state index is -3.70. The van der Waals surface area contributed by atoms with Crippen molar-refractivity contribution in [1.29, 1.82) is 0 Å². The fourth-order valence-electron chi connectivity index (χ4n) is 2.22. The fraction of sp³-hybridized carbons (Fsp3) is 0.143. The summed E-state index contributed by atoms with van der Waals surface area (Å²) < 4.78 is 26.7. The van der Waals surface area contributed by atoms with Gasteiger partial charge in [-0.2, -0.15) is 0 Å². The Balaban J connectivity index is 2.34. The van der Waals surface area contributed by atoms with Gasteiger partial charge in [0.05, 0.1) is 10.3 Å². The number of aryl methyl sites for hydroxylation is 1. The predicted molar refractivity (Wildman–Crippen MR) is 80.9 cm³/mol. The molecule has 0 N–H and O–H groups in total. The summed E-state index contributed by atoms with van der Waals surface area (Å²) in [6.45, 7) is 1.93. The highest BCUT2D eigenvalue weighted by Crippen LogP contribution is 2.28. The minimum absolute atomic E-state index is 0.208. The van der Waals surface area contributed by atoms with Gasteiger partial charge in [-0.15, -0.1) is 0 Å². The molecule has 0 unspecified atom stereocenters. The van der Waals surface area contributed by atoms with Crippen molar-refractivity contribution in [2.45, 2.75) is 18.2 Å². The maximum Gasteiger partial charge on any atom is 0.269 e. The molecule has 0 atom stereocenters. The van der Waals surface area contributed by atoms with Crippen molar-refractivity contribution in [2.75, 3.05) is 0 Å². The number of nitrogens with zero attached hydrogens (tertiary/aromatic N) is 3. The summed E-state index contributed by atoms with van der Waals surface area (Å²) in [4.78, 5) is 8.23. The number of rotatable bonds is 3. The van der Waals surface area contributed by atoms with Gasteiger partial charge < -0.3 is 0 Å². The first kappa shape index (κ1) is 14.0. The lowest BCUT2D eigenvalue weighted by Crippen LogP contribution is -2.12. The van der Waals surface area contributed by atoms with Crippen LogP contribution in [0, 0.1) is 0 Å². The molecule has 2 heterocycles. The number of halogens is 1. The van der Waals surface area contributed by atoms with Crippen LogP contribution in [0.25, 0.3) is 11.0 Å². The molecule has 0 spiro atoms. The van der Waals surface area contributed by atoms with Crippen molar-refractivity contribution in [1.82, 2.24) is 13.9 Å². The molecule has 0 aliphatic rings. The molecule has 3 aromatic rings. The zero-order valence-corrected chi connectivity index (χ0v) is 12.8. The molecule has 0 aliphatic heterocycles.